The van der Waals surface area contributed by atoms with E-state index in [0.717, 1.165) is 16.7 Å². The smallest absolute Gasteiger partial charge is 0.335 e. The molecule has 0 aromatic heterocycles. The van der Waals surface area contributed by atoms with Gasteiger partial charge in [-0.3, -0.25) is 0 Å². The largest absolute Gasteiger partial charge is 0.478 e. The lowest BCUT2D eigenvalue weighted by Crippen LogP contribution is -1.94. The first-order chi connectivity index (χ1) is 13.2. The van der Waals surface area contributed by atoms with Gasteiger partial charge in [0.15, 0.2) is 0 Å². The number of hydrogen-bond acceptors (Lipinski definition) is 2. The van der Waals surface area contributed by atoms with Crippen molar-refractivity contribution < 1.29 is 9.90 Å². The topological polar surface area (TPSA) is 61.1 Å². The zero-order valence-corrected chi connectivity index (χ0v) is 14.2. The highest BCUT2D eigenvalue weighted by Crippen LogP contribution is 2.10. The van der Waals surface area contributed by atoms with Crippen LogP contribution in [0.1, 0.15) is 38.2 Å². The van der Waals surface area contributed by atoms with E-state index in [0.29, 0.717) is 11.1 Å². The second kappa shape index (κ2) is 8.21. The van der Waals surface area contributed by atoms with Gasteiger partial charge in [-0.2, -0.15) is 5.26 Å². The van der Waals surface area contributed by atoms with Crippen molar-refractivity contribution in [3.8, 4) is 29.8 Å². The van der Waals surface area contributed by atoms with Gasteiger partial charge in [0.25, 0.3) is 0 Å². The van der Waals surface area contributed by atoms with Crippen molar-refractivity contribution in [3.05, 3.63) is 106 Å². The number of hydrogen-bond donors (Lipinski definition) is 1. The standard InChI is InChI=1S/C24H13NO2/c25-17-23-8-4-3-7-21(23)16-15-20-6-2-1-5-19(20)12-9-18-10-13-22(14-11-18)24(26)27/h1-8,10-11,13-14H,(H,26,27). The summed E-state index contributed by atoms with van der Waals surface area (Å²) in [5, 5.41) is 18.1. The van der Waals surface area contributed by atoms with E-state index >= 15 is 0 Å². The number of benzene rings is 3. The average Bonchev–Trinajstić information content (AvgIpc) is 2.71. The summed E-state index contributed by atoms with van der Waals surface area (Å²) in [5.41, 5.74) is 3.68. The third-order valence-corrected chi connectivity index (χ3v) is 3.78. The Morgan fingerprint density at radius 2 is 1.11 bits per heavy atom. The SMILES string of the molecule is N#Cc1ccccc1C#Cc1ccccc1C#Cc1ccc(C(=O)O)cc1. The predicted octanol–water partition coefficient (Wildman–Crippen LogP) is 4.06. The van der Waals surface area contributed by atoms with Crippen LogP contribution in [0.5, 0.6) is 0 Å². The Balaban J connectivity index is 1.91. The summed E-state index contributed by atoms with van der Waals surface area (Å²) in [6.07, 6.45) is 0. The Labute approximate surface area is 157 Å². The highest BCUT2D eigenvalue weighted by molar-refractivity contribution is 5.87. The molecule has 0 spiro atoms. The molecule has 0 aliphatic carbocycles. The summed E-state index contributed by atoms with van der Waals surface area (Å²) in [6.45, 7) is 0. The van der Waals surface area contributed by atoms with E-state index in [9.17, 15) is 4.79 Å². The molecule has 0 bridgehead atoms. The molecule has 0 heterocycles. The first-order valence-corrected chi connectivity index (χ1v) is 8.13. The lowest BCUT2D eigenvalue weighted by Gasteiger charge is -1.97. The number of nitriles is 1. The lowest BCUT2D eigenvalue weighted by atomic mass is 10.1. The second-order valence-electron chi connectivity index (χ2n) is 5.59. The van der Waals surface area contributed by atoms with Crippen LogP contribution in [-0.2, 0) is 0 Å². The zero-order chi connectivity index (χ0) is 19.1. The molecular formula is C24H13NO2. The van der Waals surface area contributed by atoms with Crippen LogP contribution in [0.4, 0.5) is 0 Å². The molecule has 0 saturated carbocycles. The minimum Gasteiger partial charge on any atom is -0.478 e. The van der Waals surface area contributed by atoms with Crippen molar-refractivity contribution in [2.75, 3.05) is 0 Å². The summed E-state index contributed by atoms with van der Waals surface area (Å²) in [6, 6.07) is 23.2. The molecule has 3 aromatic rings. The molecule has 0 radical (unpaired) electrons. The molecule has 0 atom stereocenters. The molecule has 3 heteroatoms. The van der Waals surface area contributed by atoms with Crippen LogP contribution in [0.2, 0.25) is 0 Å². The van der Waals surface area contributed by atoms with E-state index in [-0.39, 0.29) is 5.56 Å². The van der Waals surface area contributed by atoms with E-state index < -0.39 is 5.97 Å². The highest BCUT2D eigenvalue weighted by atomic mass is 16.4. The van der Waals surface area contributed by atoms with Crippen molar-refractivity contribution in [2.24, 2.45) is 0 Å². The molecule has 126 valence electrons. The molecule has 27 heavy (non-hydrogen) atoms. The molecule has 0 aliphatic heterocycles. The van der Waals surface area contributed by atoms with Crippen molar-refractivity contribution >= 4 is 5.97 Å². The lowest BCUT2D eigenvalue weighted by molar-refractivity contribution is 0.0697. The van der Waals surface area contributed by atoms with Gasteiger partial charge >= 0.3 is 5.97 Å². The van der Waals surface area contributed by atoms with Crippen molar-refractivity contribution in [2.45, 2.75) is 0 Å². The molecule has 0 fully saturated rings. The van der Waals surface area contributed by atoms with Gasteiger partial charge in [-0.25, -0.2) is 4.79 Å². The van der Waals surface area contributed by atoms with Crippen LogP contribution in [0, 0.1) is 35.0 Å². The van der Waals surface area contributed by atoms with Gasteiger partial charge < -0.3 is 5.11 Å². The molecule has 3 rings (SSSR count). The van der Waals surface area contributed by atoms with Crippen LogP contribution in [-0.4, -0.2) is 11.1 Å². The Morgan fingerprint density at radius 3 is 1.59 bits per heavy atom. The van der Waals surface area contributed by atoms with Gasteiger partial charge in [-0.1, -0.05) is 47.9 Å². The van der Waals surface area contributed by atoms with Gasteiger partial charge in [0, 0.05) is 22.3 Å². The molecule has 0 aliphatic rings. The van der Waals surface area contributed by atoms with Crippen LogP contribution in [0.15, 0.2) is 72.8 Å². The van der Waals surface area contributed by atoms with Crippen molar-refractivity contribution in [1.29, 1.82) is 5.26 Å². The van der Waals surface area contributed by atoms with Crippen LogP contribution >= 0.6 is 0 Å². The highest BCUT2D eigenvalue weighted by Gasteiger charge is 2.01. The Kier molecular flexibility index (Phi) is 5.34. The molecular weight excluding hydrogens is 334 g/mol. The monoisotopic (exact) mass is 347 g/mol. The van der Waals surface area contributed by atoms with Crippen LogP contribution in [0.25, 0.3) is 0 Å². The van der Waals surface area contributed by atoms with Gasteiger partial charge in [0.05, 0.1) is 11.1 Å². The maximum Gasteiger partial charge on any atom is 0.335 e. The molecule has 0 saturated heterocycles. The maximum absolute atomic E-state index is 10.9. The minimum absolute atomic E-state index is 0.225. The van der Waals surface area contributed by atoms with E-state index in [2.05, 4.69) is 29.8 Å². The van der Waals surface area contributed by atoms with E-state index in [1.807, 2.05) is 36.4 Å². The number of rotatable bonds is 1. The number of carbonyl (C=O) groups is 1. The fraction of sp³-hybridized carbons (Fsp3) is 0. The third kappa shape index (κ3) is 4.43. The second-order valence-corrected chi connectivity index (χ2v) is 5.59. The van der Waals surface area contributed by atoms with Crippen molar-refractivity contribution in [3.63, 3.8) is 0 Å². The molecule has 3 aromatic carbocycles. The van der Waals surface area contributed by atoms with Gasteiger partial charge in [0.2, 0.25) is 0 Å². The number of nitrogens with zero attached hydrogens (tertiary/aromatic N) is 1. The molecule has 0 unspecified atom stereocenters. The fourth-order valence-electron chi connectivity index (χ4n) is 2.36. The summed E-state index contributed by atoms with van der Waals surface area (Å²) >= 11 is 0. The Hall–Kier alpha value is -4.26. The maximum atomic E-state index is 10.9. The van der Waals surface area contributed by atoms with Crippen molar-refractivity contribution in [1.82, 2.24) is 0 Å². The average molecular weight is 347 g/mol. The summed E-state index contributed by atoms with van der Waals surface area (Å²) in [4.78, 5) is 10.9. The Morgan fingerprint density at radius 1 is 0.667 bits per heavy atom. The van der Waals surface area contributed by atoms with Gasteiger partial charge in [0.1, 0.15) is 6.07 Å². The Bertz CT molecular complexity index is 1160. The quantitative estimate of drug-likeness (QED) is 0.676. The normalized spacial score (nSPS) is 9.15. The summed E-state index contributed by atoms with van der Waals surface area (Å²) < 4.78 is 0. The van der Waals surface area contributed by atoms with E-state index in [1.165, 1.54) is 12.1 Å². The molecule has 0 amide bonds. The first kappa shape index (κ1) is 17.6. The first-order valence-electron chi connectivity index (χ1n) is 8.13. The number of carboxylic acid groups (broad SMARTS) is 1. The van der Waals surface area contributed by atoms with E-state index in [1.54, 1.807) is 24.3 Å². The molecule has 1 N–H and O–H groups in total. The summed E-state index contributed by atoms with van der Waals surface area (Å²) in [5.74, 6) is 11.3. The predicted molar refractivity (Wildman–Crippen MR) is 103 cm³/mol. The minimum atomic E-state index is -0.965. The zero-order valence-electron chi connectivity index (χ0n) is 14.2. The number of carboxylic acids is 1. The van der Waals surface area contributed by atoms with Gasteiger partial charge in [-0.05, 0) is 48.5 Å². The van der Waals surface area contributed by atoms with Crippen LogP contribution in [0.3, 0.4) is 0 Å². The molecule has 3 nitrogen and oxygen atoms in total. The fourth-order valence-corrected chi connectivity index (χ4v) is 2.36. The summed E-state index contributed by atoms with van der Waals surface area (Å²) in [7, 11) is 0. The third-order valence-electron chi connectivity index (χ3n) is 3.78. The van der Waals surface area contributed by atoms with Gasteiger partial charge in [-0.15, -0.1) is 0 Å². The van der Waals surface area contributed by atoms with Crippen LogP contribution < -0.4 is 0 Å². The number of aromatic carboxylic acids is 1. The van der Waals surface area contributed by atoms with E-state index in [4.69, 9.17) is 10.4 Å².